The SMILES string of the molecule is Cc1ccsc1C(=O)Nc1nc(CCCC(=O)O)cs1. The number of carboxylic acid groups (broad SMARTS) is 1. The van der Waals surface area contributed by atoms with Crippen LogP contribution in [0.1, 0.15) is 33.8 Å². The van der Waals surface area contributed by atoms with Gasteiger partial charge in [-0.25, -0.2) is 4.98 Å². The molecule has 0 radical (unpaired) electrons. The number of amides is 1. The van der Waals surface area contributed by atoms with E-state index >= 15 is 0 Å². The lowest BCUT2D eigenvalue weighted by Gasteiger charge is -2.00. The number of carbonyl (C=O) groups is 2. The molecule has 0 unspecified atom stereocenters. The number of carbonyl (C=O) groups excluding carboxylic acids is 1. The Kier molecular flexibility index (Phi) is 4.86. The second-order valence-electron chi connectivity index (χ2n) is 4.28. The number of carboxylic acids is 1. The average molecular weight is 310 g/mol. The first-order valence-corrected chi connectivity index (χ1v) is 7.84. The van der Waals surface area contributed by atoms with Crippen LogP contribution in [0.4, 0.5) is 5.13 Å². The summed E-state index contributed by atoms with van der Waals surface area (Å²) in [5, 5.41) is 15.6. The molecule has 7 heteroatoms. The van der Waals surface area contributed by atoms with Gasteiger partial charge in [0.25, 0.3) is 5.91 Å². The molecule has 2 N–H and O–H groups in total. The summed E-state index contributed by atoms with van der Waals surface area (Å²) in [6.45, 7) is 1.89. The van der Waals surface area contributed by atoms with Gasteiger partial charge in [-0.1, -0.05) is 0 Å². The third-order valence-electron chi connectivity index (χ3n) is 2.66. The molecule has 0 atom stereocenters. The molecule has 0 spiro atoms. The van der Waals surface area contributed by atoms with Gasteiger partial charge in [0.15, 0.2) is 5.13 Å². The number of thiophene rings is 1. The molecule has 0 aliphatic carbocycles. The molecule has 0 aliphatic rings. The largest absolute Gasteiger partial charge is 0.481 e. The maximum absolute atomic E-state index is 12.0. The molecule has 2 aromatic heterocycles. The Balaban J connectivity index is 1.91. The molecule has 106 valence electrons. The highest BCUT2D eigenvalue weighted by Gasteiger charge is 2.12. The van der Waals surface area contributed by atoms with Crippen molar-refractivity contribution < 1.29 is 14.7 Å². The Morgan fingerprint density at radius 3 is 2.85 bits per heavy atom. The molecule has 2 heterocycles. The van der Waals surface area contributed by atoms with E-state index < -0.39 is 5.97 Å². The maximum Gasteiger partial charge on any atom is 0.303 e. The minimum absolute atomic E-state index is 0.133. The van der Waals surface area contributed by atoms with E-state index in [4.69, 9.17) is 5.11 Å². The molecule has 0 aromatic carbocycles. The molecule has 0 bridgehead atoms. The van der Waals surface area contributed by atoms with Crippen LogP contribution in [0.15, 0.2) is 16.8 Å². The smallest absolute Gasteiger partial charge is 0.303 e. The second-order valence-corrected chi connectivity index (χ2v) is 6.05. The van der Waals surface area contributed by atoms with Crippen LogP contribution < -0.4 is 5.32 Å². The van der Waals surface area contributed by atoms with E-state index in [0.29, 0.717) is 22.9 Å². The molecular weight excluding hydrogens is 296 g/mol. The van der Waals surface area contributed by atoms with E-state index in [2.05, 4.69) is 10.3 Å². The van der Waals surface area contributed by atoms with Crippen LogP contribution in [-0.4, -0.2) is 22.0 Å². The summed E-state index contributed by atoms with van der Waals surface area (Å²) in [7, 11) is 0. The van der Waals surface area contributed by atoms with Crippen molar-refractivity contribution in [3.05, 3.63) is 33.0 Å². The van der Waals surface area contributed by atoms with E-state index in [1.54, 1.807) is 0 Å². The van der Waals surface area contributed by atoms with Gasteiger partial charge in [-0.05, 0) is 36.8 Å². The van der Waals surface area contributed by atoms with Crippen molar-refractivity contribution in [3.63, 3.8) is 0 Å². The van der Waals surface area contributed by atoms with Crippen molar-refractivity contribution in [1.29, 1.82) is 0 Å². The minimum Gasteiger partial charge on any atom is -0.481 e. The van der Waals surface area contributed by atoms with E-state index in [9.17, 15) is 9.59 Å². The highest BCUT2D eigenvalue weighted by molar-refractivity contribution is 7.14. The van der Waals surface area contributed by atoms with Crippen molar-refractivity contribution in [2.24, 2.45) is 0 Å². The zero-order valence-electron chi connectivity index (χ0n) is 10.9. The van der Waals surface area contributed by atoms with Gasteiger partial charge in [-0.15, -0.1) is 22.7 Å². The number of aryl methyl sites for hydroxylation is 2. The Bertz CT molecular complexity index is 619. The number of aliphatic carboxylic acids is 1. The summed E-state index contributed by atoms with van der Waals surface area (Å²) in [6, 6.07) is 1.90. The molecular formula is C13H14N2O3S2. The van der Waals surface area contributed by atoms with Gasteiger partial charge in [0.05, 0.1) is 10.6 Å². The van der Waals surface area contributed by atoms with Crippen molar-refractivity contribution in [2.75, 3.05) is 5.32 Å². The lowest BCUT2D eigenvalue weighted by atomic mass is 10.2. The van der Waals surface area contributed by atoms with Crippen LogP contribution in [-0.2, 0) is 11.2 Å². The van der Waals surface area contributed by atoms with Crippen LogP contribution in [0, 0.1) is 6.92 Å². The molecule has 0 saturated heterocycles. The first-order chi connectivity index (χ1) is 9.56. The Morgan fingerprint density at radius 1 is 1.40 bits per heavy atom. The summed E-state index contributed by atoms with van der Waals surface area (Å²) in [5.74, 6) is -0.953. The highest BCUT2D eigenvalue weighted by atomic mass is 32.1. The summed E-state index contributed by atoms with van der Waals surface area (Å²) in [5.41, 5.74) is 1.76. The highest BCUT2D eigenvalue weighted by Crippen LogP contribution is 2.21. The normalized spacial score (nSPS) is 10.4. The topological polar surface area (TPSA) is 79.3 Å². The number of thiazole rings is 1. The fourth-order valence-corrected chi connectivity index (χ4v) is 3.22. The predicted octanol–water partition coefficient (Wildman–Crippen LogP) is 3.17. The quantitative estimate of drug-likeness (QED) is 0.859. The number of nitrogens with zero attached hydrogens (tertiary/aromatic N) is 1. The van der Waals surface area contributed by atoms with Gasteiger partial charge in [-0.3, -0.25) is 14.9 Å². The molecule has 0 fully saturated rings. The first-order valence-electron chi connectivity index (χ1n) is 6.08. The third kappa shape index (κ3) is 3.88. The predicted molar refractivity (Wildman–Crippen MR) is 79.7 cm³/mol. The molecule has 0 saturated carbocycles. The van der Waals surface area contributed by atoms with Gasteiger partial charge in [0.2, 0.25) is 0 Å². The fourth-order valence-electron chi connectivity index (χ4n) is 1.66. The zero-order chi connectivity index (χ0) is 14.5. The van der Waals surface area contributed by atoms with Crippen LogP contribution in [0.5, 0.6) is 0 Å². The number of hydrogen-bond donors (Lipinski definition) is 2. The lowest BCUT2D eigenvalue weighted by Crippen LogP contribution is -2.11. The number of hydrogen-bond acceptors (Lipinski definition) is 5. The summed E-state index contributed by atoms with van der Waals surface area (Å²) in [4.78, 5) is 27.4. The van der Waals surface area contributed by atoms with Crippen LogP contribution >= 0.6 is 22.7 Å². The number of nitrogens with one attached hydrogen (secondary N) is 1. The second kappa shape index (κ2) is 6.62. The van der Waals surface area contributed by atoms with Gasteiger partial charge >= 0.3 is 5.97 Å². The van der Waals surface area contributed by atoms with Gasteiger partial charge in [0.1, 0.15) is 0 Å². The summed E-state index contributed by atoms with van der Waals surface area (Å²) >= 11 is 2.75. The summed E-state index contributed by atoms with van der Waals surface area (Å²) in [6.07, 6.45) is 1.29. The zero-order valence-corrected chi connectivity index (χ0v) is 12.5. The fraction of sp³-hybridized carbons (Fsp3) is 0.308. The van der Waals surface area contributed by atoms with Gasteiger partial charge in [-0.2, -0.15) is 0 Å². The number of anilines is 1. The van der Waals surface area contributed by atoms with E-state index in [-0.39, 0.29) is 12.3 Å². The Labute approximate surface area is 124 Å². The minimum atomic E-state index is -0.804. The van der Waals surface area contributed by atoms with E-state index in [0.717, 1.165) is 11.3 Å². The number of rotatable bonds is 6. The molecule has 1 amide bonds. The third-order valence-corrected chi connectivity index (χ3v) is 4.49. The van der Waals surface area contributed by atoms with Crippen molar-refractivity contribution >= 4 is 39.7 Å². The van der Waals surface area contributed by atoms with Crippen LogP contribution in [0.2, 0.25) is 0 Å². The Hall–Kier alpha value is -1.73. The van der Waals surface area contributed by atoms with Crippen molar-refractivity contribution in [1.82, 2.24) is 4.98 Å². The standard InChI is InChI=1S/C13H14N2O3S2/c1-8-5-6-19-11(8)12(18)15-13-14-9(7-20-13)3-2-4-10(16)17/h5-7H,2-4H2,1H3,(H,16,17)(H,14,15,18). The first kappa shape index (κ1) is 14.7. The van der Waals surface area contributed by atoms with Gasteiger partial charge < -0.3 is 5.11 Å². The van der Waals surface area contributed by atoms with Crippen LogP contribution in [0.25, 0.3) is 0 Å². The molecule has 0 aliphatic heterocycles. The van der Waals surface area contributed by atoms with E-state index in [1.165, 1.54) is 22.7 Å². The van der Waals surface area contributed by atoms with Crippen molar-refractivity contribution in [2.45, 2.75) is 26.2 Å². The molecule has 20 heavy (non-hydrogen) atoms. The van der Waals surface area contributed by atoms with Crippen molar-refractivity contribution in [3.8, 4) is 0 Å². The molecule has 5 nitrogen and oxygen atoms in total. The monoisotopic (exact) mass is 310 g/mol. The van der Waals surface area contributed by atoms with E-state index in [1.807, 2.05) is 23.8 Å². The average Bonchev–Trinajstić information content (AvgIpc) is 2.98. The van der Waals surface area contributed by atoms with Crippen LogP contribution in [0.3, 0.4) is 0 Å². The molecule has 2 aromatic rings. The maximum atomic E-state index is 12.0. The Morgan fingerprint density at radius 2 is 2.20 bits per heavy atom. The van der Waals surface area contributed by atoms with Gasteiger partial charge in [0, 0.05) is 11.8 Å². The summed E-state index contributed by atoms with van der Waals surface area (Å²) < 4.78 is 0. The lowest BCUT2D eigenvalue weighted by molar-refractivity contribution is -0.137. The molecule has 2 rings (SSSR count). The number of aromatic nitrogens is 1.